The van der Waals surface area contributed by atoms with Gasteiger partial charge in [0, 0.05) is 10.9 Å². The van der Waals surface area contributed by atoms with Crippen LogP contribution in [-0.4, -0.2) is 30.7 Å². The van der Waals surface area contributed by atoms with Crippen molar-refractivity contribution in [3.63, 3.8) is 0 Å². The van der Waals surface area contributed by atoms with Gasteiger partial charge in [0.15, 0.2) is 17.4 Å². The topological polar surface area (TPSA) is 86.5 Å². The van der Waals surface area contributed by atoms with E-state index in [9.17, 15) is 5.11 Å². The fraction of sp³-hybridized carbons (Fsp3) is 0.524. The van der Waals surface area contributed by atoms with Gasteiger partial charge in [-0.1, -0.05) is 27.7 Å². The zero-order chi connectivity index (χ0) is 23.2. The third kappa shape index (κ3) is 6.86. The summed E-state index contributed by atoms with van der Waals surface area (Å²) in [7, 11) is 2.02. The smallest absolute Gasteiger partial charge is 0.188 e. The minimum Gasteiger partial charge on any atom is -0.504 e. The number of aromatic hydroxyl groups is 1. The van der Waals surface area contributed by atoms with E-state index < -0.39 is 0 Å². The van der Waals surface area contributed by atoms with Crippen molar-refractivity contribution >= 4 is 52.3 Å². The summed E-state index contributed by atoms with van der Waals surface area (Å²) < 4.78 is 17.2. The molecule has 0 saturated heterocycles. The molecule has 0 bridgehead atoms. The molecule has 0 fully saturated rings. The fourth-order valence-corrected chi connectivity index (χ4v) is 4.70. The Kier molecular flexibility index (Phi) is 9.23. The van der Waals surface area contributed by atoms with Crippen LogP contribution < -0.4 is 10.6 Å². The van der Waals surface area contributed by atoms with Gasteiger partial charge in [0.1, 0.15) is 9.97 Å². The molecule has 3 rings (SSSR count). The SMILES string of the molecule is CC.CC(C)c1coc(CNc2nsnc2Nc2csc(SN(C)C(C)(C)C)c2O)c1. The molecule has 3 heterocycles. The molecular weight excluding hydrogens is 450 g/mol. The molecule has 0 saturated carbocycles. The van der Waals surface area contributed by atoms with Crippen LogP contribution in [0.3, 0.4) is 0 Å². The van der Waals surface area contributed by atoms with Crippen molar-refractivity contribution < 1.29 is 9.52 Å². The van der Waals surface area contributed by atoms with E-state index in [1.165, 1.54) is 28.8 Å². The van der Waals surface area contributed by atoms with Crippen molar-refractivity contribution in [3.05, 3.63) is 29.0 Å². The lowest BCUT2D eigenvalue weighted by molar-refractivity contribution is 0.319. The lowest BCUT2D eigenvalue weighted by Crippen LogP contribution is -2.32. The Morgan fingerprint density at radius 3 is 2.52 bits per heavy atom. The molecule has 7 nitrogen and oxygen atoms in total. The molecule has 0 radical (unpaired) electrons. The first-order valence-electron chi connectivity index (χ1n) is 10.3. The minimum atomic E-state index is -0.00804. The van der Waals surface area contributed by atoms with Crippen molar-refractivity contribution in [2.45, 2.75) is 70.7 Å². The average molecular weight is 484 g/mol. The highest BCUT2D eigenvalue weighted by Gasteiger charge is 2.22. The van der Waals surface area contributed by atoms with E-state index in [1.54, 1.807) is 6.26 Å². The molecule has 0 spiro atoms. The maximum atomic E-state index is 10.6. The Balaban J connectivity index is 0.00000166. The van der Waals surface area contributed by atoms with Crippen LogP contribution in [0.2, 0.25) is 0 Å². The van der Waals surface area contributed by atoms with Gasteiger partial charge in [-0.15, -0.1) is 11.3 Å². The second kappa shape index (κ2) is 11.2. The van der Waals surface area contributed by atoms with Crippen molar-refractivity contribution in [2.75, 3.05) is 17.7 Å². The van der Waals surface area contributed by atoms with E-state index in [4.69, 9.17) is 4.42 Å². The van der Waals surface area contributed by atoms with Crippen LogP contribution in [0, 0.1) is 0 Å². The summed E-state index contributed by atoms with van der Waals surface area (Å²) in [4.78, 5) is 0. The molecule has 0 aliphatic rings. The van der Waals surface area contributed by atoms with Crippen LogP contribution in [0.1, 0.15) is 65.7 Å². The molecule has 0 unspecified atom stereocenters. The summed E-state index contributed by atoms with van der Waals surface area (Å²) >= 11 is 4.13. The maximum Gasteiger partial charge on any atom is 0.188 e. The van der Waals surface area contributed by atoms with Crippen LogP contribution in [-0.2, 0) is 6.54 Å². The molecule has 3 aromatic rings. The molecule has 0 amide bonds. The second-order valence-electron chi connectivity index (χ2n) is 7.99. The molecule has 0 atom stereocenters. The number of rotatable bonds is 8. The largest absolute Gasteiger partial charge is 0.504 e. The van der Waals surface area contributed by atoms with Crippen molar-refractivity contribution in [1.82, 2.24) is 13.1 Å². The van der Waals surface area contributed by atoms with Crippen LogP contribution >= 0.6 is 35.0 Å². The van der Waals surface area contributed by atoms with E-state index in [0.29, 0.717) is 29.8 Å². The summed E-state index contributed by atoms with van der Waals surface area (Å²) in [5.41, 5.74) is 1.78. The van der Waals surface area contributed by atoms with Crippen LogP contribution in [0.5, 0.6) is 5.75 Å². The first-order chi connectivity index (χ1) is 14.6. The Hall–Kier alpha value is -1.75. The monoisotopic (exact) mass is 483 g/mol. The Morgan fingerprint density at radius 1 is 1.23 bits per heavy atom. The van der Waals surface area contributed by atoms with Gasteiger partial charge in [-0.3, -0.25) is 0 Å². The first kappa shape index (κ1) is 25.5. The van der Waals surface area contributed by atoms with Gasteiger partial charge < -0.3 is 20.2 Å². The van der Waals surface area contributed by atoms with E-state index in [1.807, 2.05) is 32.3 Å². The van der Waals surface area contributed by atoms with Gasteiger partial charge >= 0.3 is 0 Å². The third-order valence-electron chi connectivity index (χ3n) is 4.41. The van der Waals surface area contributed by atoms with Gasteiger partial charge in [-0.2, -0.15) is 8.75 Å². The highest BCUT2D eigenvalue weighted by atomic mass is 32.2. The summed E-state index contributed by atoms with van der Waals surface area (Å²) in [6.07, 6.45) is 1.79. The first-order valence-corrected chi connectivity index (χ1v) is 12.7. The third-order valence-corrected chi connectivity index (χ3v) is 7.39. The predicted octanol–water partition coefficient (Wildman–Crippen LogP) is 7.14. The zero-order valence-corrected chi connectivity index (χ0v) is 21.9. The van der Waals surface area contributed by atoms with Crippen molar-refractivity contribution in [2.24, 2.45) is 0 Å². The molecule has 0 aromatic carbocycles. The standard InChI is InChI=1S/C19H27N5O2S3.C2H6/c1-11(2)12-7-13(26-9-12)8-20-16-17(23-29-22-16)21-14-10-27-18(15(14)25)28-24(6)19(3,4)5;1-2/h7,9-11,25H,8H2,1-6H3,(H,20,22)(H,21,23);1-2H3. The molecular formula is C21H33N5O2S3. The average Bonchev–Trinajstić information content (AvgIpc) is 3.44. The lowest BCUT2D eigenvalue weighted by atomic mass is 10.1. The molecule has 31 heavy (non-hydrogen) atoms. The number of thiophene rings is 1. The van der Waals surface area contributed by atoms with Gasteiger partial charge in [0.05, 0.1) is 30.2 Å². The highest BCUT2D eigenvalue weighted by Crippen LogP contribution is 2.44. The van der Waals surface area contributed by atoms with Gasteiger partial charge in [-0.25, -0.2) is 4.31 Å². The summed E-state index contributed by atoms with van der Waals surface area (Å²) in [6, 6.07) is 2.05. The molecule has 0 aliphatic heterocycles. The van der Waals surface area contributed by atoms with Crippen LogP contribution in [0.25, 0.3) is 0 Å². The highest BCUT2D eigenvalue weighted by molar-refractivity contribution is 7.99. The van der Waals surface area contributed by atoms with Crippen LogP contribution in [0.15, 0.2) is 26.3 Å². The summed E-state index contributed by atoms with van der Waals surface area (Å²) in [5, 5.41) is 18.9. The molecule has 172 valence electrons. The summed E-state index contributed by atoms with van der Waals surface area (Å²) in [6.45, 7) is 15.2. The van der Waals surface area contributed by atoms with Crippen molar-refractivity contribution in [1.29, 1.82) is 0 Å². The number of hydrogen-bond donors (Lipinski definition) is 3. The quantitative estimate of drug-likeness (QED) is 0.291. The normalized spacial score (nSPS) is 11.5. The van der Waals surface area contributed by atoms with Gasteiger partial charge in [-0.05, 0) is 57.3 Å². The Bertz CT molecular complexity index is 943. The van der Waals surface area contributed by atoms with E-state index in [-0.39, 0.29) is 11.3 Å². The number of aromatic nitrogens is 2. The predicted molar refractivity (Wildman–Crippen MR) is 134 cm³/mol. The lowest BCUT2D eigenvalue weighted by Gasteiger charge is -2.29. The van der Waals surface area contributed by atoms with Crippen molar-refractivity contribution in [3.8, 4) is 5.75 Å². The van der Waals surface area contributed by atoms with E-state index >= 15 is 0 Å². The zero-order valence-electron chi connectivity index (χ0n) is 19.4. The summed E-state index contributed by atoms with van der Waals surface area (Å²) in [5.74, 6) is 2.71. The molecule has 10 heteroatoms. The minimum absolute atomic E-state index is 0.00804. The Labute approximate surface area is 197 Å². The van der Waals surface area contributed by atoms with Gasteiger partial charge in [0.25, 0.3) is 0 Å². The van der Waals surface area contributed by atoms with Gasteiger partial charge in [0.2, 0.25) is 0 Å². The number of hydrogen-bond acceptors (Lipinski definition) is 10. The fourth-order valence-electron chi connectivity index (χ4n) is 2.23. The van der Waals surface area contributed by atoms with E-state index in [2.05, 4.69) is 58.3 Å². The Morgan fingerprint density at radius 2 is 1.90 bits per heavy atom. The number of furan rings is 1. The molecule has 0 aliphatic carbocycles. The number of nitrogens with zero attached hydrogens (tertiary/aromatic N) is 3. The second-order valence-corrected chi connectivity index (χ2v) is 10.8. The van der Waals surface area contributed by atoms with Crippen LogP contribution in [0.4, 0.5) is 17.3 Å². The molecule has 3 aromatic heterocycles. The molecule has 3 N–H and O–H groups in total. The maximum absolute atomic E-state index is 10.6. The van der Waals surface area contributed by atoms with E-state index in [0.717, 1.165) is 21.7 Å². The number of nitrogens with one attached hydrogen (secondary N) is 2. The number of anilines is 3.